The predicted octanol–water partition coefficient (Wildman–Crippen LogP) is 11.3. The first-order valence-electron chi connectivity index (χ1n) is 18.0. The quantitative estimate of drug-likeness (QED) is 0.0675. The fourth-order valence-corrected chi connectivity index (χ4v) is 5.54. The first kappa shape index (κ1) is 56.6. The summed E-state index contributed by atoms with van der Waals surface area (Å²) < 4.78 is 11.6. The summed E-state index contributed by atoms with van der Waals surface area (Å²) in [6, 6.07) is 22.5. The molecule has 0 aliphatic carbocycles. The molecule has 0 unspecified atom stereocenters. The number of alkyl carbamates (subject to hydrolysis) is 1. The van der Waals surface area contributed by atoms with E-state index in [0.29, 0.717) is 48.1 Å². The Hall–Kier alpha value is -4.41. The molecule has 5 N–H and O–H groups in total. The number of rotatable bonds is 10. The number of aliphatic carboxylic acids is 1. The molecule has 0 aliphatic heterocycles. The van der Waals surface area contributed by atoms with Crippen LogP contribution >= 0.6 is 68.6 Å². The van der Waals surface area contributed by atoms with Crippen molar-refractivity contribution in [1.29, 1.82) is 0 Å². The Morgan fingerprint density at radius 1 is 0.705 bits per heavy atom. The highest BCUT2D eigenvalue weighted by molar-refractivity contribution is 9.10. The maximum absolute atomic E-state index is 12.9. The number of esters is 1. The highest BCUT2D eigenvalue weighted by atomic mass is 79.9. The zero-order valence-electron chi connectivity index (χ0n) is 34.2. The predicted molar refractivity (Wildman–Crippen MR) is 254 cm³/mol. The van der Waals surface area contributed by atoms with Crippen LogP contribution in [-0.4, -0.2) is 57.9 Å². The van der Waals surface area contributed by atoms with Crippen molar-refractivity contribution in [2.45, 2.75) is 86.5 Å². The molecule has 12 nitrogen and oxygen atoms in total. The van der Waals surface area contributed by atoms with Crippen molar-refractivity contribution in [3.05, 3.63) is 126 Å². The third kappa shape index (κ3) is 20.8. The Morgan fingerprint density at radius 2 is 1.13 bits per heavy atom. The van der Waals surface area contributed by atoms with Gasteiger partial charge >= 0.3 is 18.0 Å². The lowest BCUT2D eigenvalue weighted by molar-refractivity contribution is -0.159. The second kappa shape index (κ2) is 25.5. The largest absolute Gasteiger partial charge is 0.481 e. The third-order valence-electron chi connectivity index (χ3n) is 7.40. The van der Waals surface area contributed by atoms with Gasteiger partial charge < -0.3 is 30.9 Å². The molecule has 0 fully saturated rings. The molecule has 0 spiro atoms. The molecule has 0 bridgehead atoms. The lowest BCUT2D eigenvalue weighted by atomic mass is 10.0. The number of carboxylic acids is 1. The molecule has 4 rings (SSSR count). The van der Waals surface area contributed by atoms with Crippen molar-refractivity contribution in [2.75, 3.05) is 11.1 Å². The Kier molecular flexibility index (Phi) is 23.7. The SMILES string of the molecule is C.C[C@@H](NC(=O)OC(C)(C)C)C(=O)Nc1ccc(Br)cc1C(=O)c1ccc(Cl)cc1.C[C@H](CC(=O)OC(C)(C)C)C(=O)O.Nc1ccc(Br)cc1C(=O)c1ccc(Cl)cc1.S. The molecule has 0 radical (unpaired) electrons. The maximum atomic E-state index is 12.9. The molecule has 2 atom stereocenters. The number of ether oxygens (including phenoxy) is 2. The van der Waals surface area contributed by atoms with Gasteiger partial charge in [-0.25, -0.2) is 4.79 Å². The number of hydrogen-bond donors (Lipinski definition) is 4. The molecule has 0 heterocycles. The van der Waals surface area contributed by atoms with Gasteiger partial charge in [0.25, 0.3) is 0 Å². The number of halogens is 4. The molecule has 0 aliphatic rings. The van der Waals surface area contributed by atoms with E-state index < -0.39 is 47.1 Å². The van der Waals surface area contributed by atoms with Crippen molar-refractivity contribution in [3.8, 4) is 0 Å². The number of carbonyl (C=O) groups is 6. The zero-order valence-corrected chi connectivity index (χ0v) is 39.9. The number of nitrogens with one attached hydrogen (secondary N) is 2. The number of carboxylic acid groups (broad SMARTS) is 1. The number of nitrogen functional groups attached to an aromatic ring is 1. The van der Waals surface area contributed by atoms with E-state index in [1.165, 1.54) is 13.8 Å². The van der Waals surface area contributed by atoms with Gasteiger partial charge in [0.1, 0.15) is 17.2 Å². The van der Waals surface area contributed by atoms with Crippen LogP contribution in [-0.2, 0) is 23.9 Å². The monoisotopic (exact) mass is 1030 g/mol. The summed E-state index contributed by atoms with van der Waals surface area (Å²) in [7, 11) is 0. The van der Waals surface area contributed by atoms with Crippen LogP contribution < -0.4 is 16.4 Å². The van der Waals surface area contributed by atoms with Gasteiger partial charge in [-0.15, -0.1) is 0 Å². The molecular formula is C44H53Br2Cl2N3O9S. The Morgan fingerprint density at radius 3 is 1.57 bits per heavy atom. The lowest BCUT2D eigenvalue weighted by Gasteiger charge is -2.22. The number of benzene rings is 4. The van der Waals surface area contributed by atoms with Gasteiger partial charge in [-0.1, -0.05) is 69.4 Å². The number of carbonyl (C=O) groups excluding carboxylic acids is 5. The summed E-state index contributed by atoms with van der Waals surface area (Å²) in [5, 5.41) is 14.8. The van der Waals surface area contributed by atoms with Gasteiger partial charge in [0.2, 0.25) is 5.91 Å². The normalized spacial score (nSPS) is 11.5. The second-order valence-corrected chi connectivity index (χ2v) is 17.7. The van der Waals surface area contributed by atoms with Crippen molar-refractivity contribution in [3.63, 3.8) is 0 Å². The van der Waals surface area contributed by atoms with Crippen LogP contribution in [0.15, 0.2) is 93.9 Å². The van der Waals surface area contributed by atoms with E-state index in [-0.39, 0.29) is 38.9 Å². The standard InChI is InChI=1S/C21H22BrClN2O4.C13H9BrClNO.C9H16O4.CH4.H2S/c1-12(24-20(28)29-21(2,3)4)19(27)25-17-10-7-14(22)11-16(17)18(26)13-5-8-15(23)9-6-13;14-9-3-6-12(16)11(7-9)13(17)8-1-4-10(15)5-2-8;1-6(8(11)12)5-7(10)13-9(2,3)4;;/h5-12H,1-4H3,(H,24,28)(H,25,27);1-7H,16H2;6H,5H2,1-4H3,(H,11,12);1H4;1H2/t12-;;6-;;/m1.1../s1. The Labute approximate surface area is 391 Å². The van der Waals surface area contributed by atoms with Crippen LogP contribution in [0.5, 0.6) is 0 Å². The average molecular weight is 1030 g/mol. The fraction of sp³-hybridized carbons (Fsp3) is 0.318. The summed E-state index contributed by atoms with van der Waals surface area (Å²) in [5.74, 6) is -3.00. The van der Waals surface area contributed by atoms with Crippen LogP contribution in [0, 0.1) is 5.92 Å². The average Bonchev–Trinajstić information content (AvgIpc) is 3.12. The second-order valence-electron chi connectivity index (χ2n) is 15.0. The number of ketones is 2. The van der Waals surface area contributed by atoms with Gasteiger partial charge in [0.05, 0.1) is 18.0 Å². The van der Waals surface area contributed by atoms with Crippen LogP contribution in [0.1, 0.15) is 101 Å². The van der Waals surface area contributed by atoms with Crippen molar-refractivity contribution < 1.29 is 43.3 Å². The molecule has 0 aromatic heterocycles. The Balaban J connectivity index is 0.000000958. The molecule has 4 aromatic rings. The highest BCUT2D eigenvalue weighted by Gasteiger charge is 2.24. The molecule has 0 saturated carbocycles. The maximum Gasteiger partial charge on any atom is 0.408 e. The minimum atomic E-state index is -0.981. The van der Waals surface area contributed by atoms with Crippen molar-refractivity contribution >= 4 is 115 Å². The topological polar surface area (TPSA) is 191 Å². The minimum Gasteiger partial charge on any atom is -0.481 e. The van der Waals surface area contributed by atoms with E-state index in [1.807, 2.05) is 0 Å². The van der Waals surface area contributed by atoms with Crippen LogP contribution in [0.3, 0.4) is 0 Å². The third-order valence-corrected chi connectivity index (χ3v) is 8.89. The zero-order chi connectivity index (χ0) is 44.8. The van der Waals surface area contributed by atoms with E-state index in [1.54, 1.807) is 126 Å². The summed E-state index contributed by atoms with van der Waals surface area (Å²) in [6.07, 6.45) is -0.777. The minimum absolute atomic E-state index is 0. The molecule has 332 valence electrons. The van der Waals surface area contributed by atoms with E-state index >= 15 is 0 Å². The van der Waals surface area contributed by atoms with Gasteiger partial charge in [0.15, 0.2) is 11.6 Å². The van der Waals surface area contributed by atoms with Gasteiger partial charge in [-0.3, -0.25) is 24.0 Å². The summed E-state index contributed by atoms with van der Waals surface area (Å²) in [6.45, 7) is 13.4. The first-order valence-corrected chi connectivity index (χ1v) is 20.3. The van der Waals surface area contributed by atoms with E-state index in [4.69, 9.17) is 43.5 Å². The number of hydrogen-bond acceptors (Lipinski definition) is 9. The van der Waals surface area contributed by atoms with E-state index in [9.17, 15) is 28.8 Å². The lowest BCUT2D eigenvalue weighted by Crippen LogP contribution is -2.44. The smallest absolute Gasteiger partial charge is 0.408 e. The highest BCUT2D eigenvalue weighted by Crippen LogP contribution is 2.26. The molecule has 61 heavy (non-hydrogen) atoms. The van der Waals surface area contributed by atoms with Crippen molar-refractivity contribution in [1.82, 2.24) is 5.32 Å². The molecule has 4 aromatic carbocycles. The van der Waals surface area contributed by atoms with E-state index in [0.717, 1.165) is 4.47 Å². The molecule has 2 amide bonds. The summed E-state index contributed by atoms with van der Waals surface area (Å²) in [5.41, 5.74) is 7.16. The van der Waals surface area contributed by atoms with Crippen LogP contribution in [0.4, 0.5) is 16.2 Å². The van der Waals surface area contributed by atoms with Crippen LogP contribution in [0.2, 0.25) is 10.0 Å². The number of amides is 2. The van der Waals surface area contributed by atoms with Gasteiger partial charge in [-0.05, 0) is 133 Å². The van der Waals surface area contributed by atoms with E-state index in [2.05, 4.69) is 42.5 Å². The molecular weight excluding hydrogens is 977 g/mol. The Bertz CT molecular complexity index is 2140. The molecule has 0 saturated heterocycles. The van der Waals surface area contributed by atoms with Gasteiger partial charge in [-0.2, -0.15) is 13.5 Å². The van der Waals surface area contributed by atoms with Crippen molar-refractivity contribution in [2.24, 2.45) is 5.92 Å². The van der Waals surface area contributed by atoms with Gasteiger partial charge in [0, 0.05) is 46.9 Å². The summed E-state index contributed by atoms with van der Waals surface area (Å²) in [4.78, 5) is 71.0. The van der Waals surface area contributed by atoms with Crippen LogP contribution in [0.25, 0.3) is 0 Å². The number of nitrogens with two attached hydrogens (primary N) is 1. The number of anilines is 2. The summed E-state index contributed by atoms with van der Waals surface area (Å²) >= 11 is 18.3. The first-order chi connectivity index (χ1) is 27.3. The fourth-order valence-electron chi connectivity index (χ4n) is 4.56. The molecule has 17 heteroatoms.